The number of sulfonamides is 1. The van der Waals surface area contributed by atoms with Crippen LogP contribution in [0.15, 0.2) is 41.9 Å². The summed E-state index contributed by atoms with van der Waals surface area (Å²) in [5.74, 6) is 0. The van der Waals surface area contributed by atoms with Gasteiger partial charge in [-0.1, -0.05) is 36.0 Å². The highest BCUT2D eigenvalue weighted by molar-refractivity contribution is 7.94. The molecule has 1 heterocycles. The summed E-state index contributed by atoms with van der Waals surface area (Å²) in [4.78, 5) is 0. The molecule has 174 valence electrons. The van der Waals surface area contributed by atoms with Crippen LogP contribution in [-0.2, 0) is 10.0 Å². The van der Waals surface area contributed by atoms with Crippen LogP contribution in [0.5, 0.6) is 0 Å². The van der Waals surface area contributed by atoms with Gasteiger partial charge in [0.2, 0.25) is 10.0 Å². The number of allylic oxidation sites excluding steroid dienone is 1. The van der Waals surface area contributed by atoms with Gasteiger partial charge in [0.25, 0.3) is 0 Å². The zero-order chi connectivity index (χ0) is 24.0. The summed E-state index contributed by atoms with van der Waals surface area (Å²) in [5, 5.41) is 17.6. The molecule has 2 aromatic carbocycles. The lowest BCUT2D eigenvalue weighted by molar-refractivity contribution is 0.283. The first-order valence-corrected chi connectivity index (χ1v) is 12.3. The summed E-state index contributed by atoms with van der Waals surface area (Å²) in [6, 6.07) is 7.63. The van der Waals surface area contributed by atoms with Gasteiger partial charge in [-0.2, -0.15) is 0 Å². The van der Waals surface area contributed by atoms with Gasteiger partial charge in [0, 0.05) is 23.2 Å². The summed E-state index contributed by atoms with van der Waals surface area (Å²) in [7, 11) is -3.76. The Morgan fingerprint density at radius 2 is 2.00 bits per heavy atom. The molecule has 7 nitrogen and oxygen atoms in total. The standard InChI is InChI=1S/C25H29N3O4S/c1-6-18-13-16(4)7-8-20(18)26-23-21(28-33(30,31)25(9-10-25)11-12-29)14-19-17(5)27-32-24(19)22(23)15(2)3/h6-8,13-14,26,28-29H,1-2,9-12H2,3-5H3. The molecule has 1 saturated carbocycles. The molecule has 3 aromatic rings. The molecule has 0 bridgehead atoms. The Balaban J connectivity index is 1.93. The van der Waals surface area contributed by atoms with Gasteiger partial charge in [-0.05, 0) is 69.4 Å². The van der Waals surface area contributed by atoms with E-state index in [4.69, 9.17) is 4.52 Å². The summed E-state index contributed by atoms with van der Waals surface area (Å²) >= 11 is 0. The number of anilines is 3. The minimum absolute atomic E-state index is 0.182. The van der Waals surface area contributed by atoms with Crippen LogP contribution in [0.2, 0.25) is 0 Å². The monoisotopic (exact) mass is 467 g/mol. The van der Waals surface area contributed by atoms with Gasteiger partial charge < -0.3 is 14.9 Å². The molecule has 0 saturated heterocycles. The number of aryl methyl sites for hydroxylation is 2. The van der Waals surface area contributed by atoms with Crippen LogP contribution >= 0.6 is 0 Å². The number of benzene rings is 2. The van der Waals surface area contributed by atoms with Crippen LogP contribution in [0, 0.1) is 13.8 Å². The van der Waals surface area contributed by atoms with Gasteiger partial charge in [0.05, 0.1) is 21.8 Å². The van der Waals surface area contributed by atoms with E-state index in [1.807, 2.05) is 39.0 Å². The predicted octanol–water partition coefficient (Wildman–Crippen LogP) is 5.52. The summed E-state index contributed by atoms with van der Waals surface area (Å²) in [6.45, 7) is 13.5. The minimum atomic E-state index is -3.76. The highest BCUT2D eigenvalue weighted by Crippen LogP contribution is 2.48. The molecule has 1 fully saturated rings. The van der Waals surface area contributed by atoms with Crippen molar-refractivity contribution in [3.63, 3.8) is 0 Å². The molecule has 3 N–H and O–H groups in total. The lowest BCUT2D eigenvalue weighted by atomic mass is 10.00. The fourth-order valence-electron chi connectivity index (χ4n) is 4.16. The van der Waals surface area contributed by atoms with Crippen molar-refractivity contribution < 1.29 is 18.0 Å². The number of fused-ring (bicyclic) bond motifs is 1. The highest BCUT2D eigenvalue weighted by Gasteiger charge is 2.54. The molecule has 33 heavy (non-hydrogen) atoms. The lowest BCUT2D eigenvalue weighted by Crippen LogP contribution is -2.31. The van der Waals surface area contributed by atoms with Crippen LogP contribution in [0.3, 0.4) is 0 Å². The molecule has 0 aliphatic heterocycles. The largest absolute Gasteiger partial charge is 0.396 e. The Bertz CT molecular complexity index is 1370. The van der Waals surface area contributed by atoms with Crippen molar-refractivity contribution in [2.75, 3.05) is 16.6 Å². The van der Waals surface area contributed by atoms with Crippen molar-refractivity contribution in [1.29, 1.82) is 0 Å². The van der Waals surface area contributed by atoms with E-state index in [0.29, 0.717) is 52.0 Å². The Hall–Kier alpha value is -3.10. The second-order valence-corrected chi connectivity index (χ2v) is 10.9. The molecule has 0 unspecified atom stereocenters. The van der Waals surface area contributed by atoms with E-state index in [-0.39, 0.29) is 13.0 Å². The number of hydrogen-bond donors (Lipinski definition) is 3. The Morgan fingerprint density at radius 3 is 2.61 bits per heavy atom. The lowest BCUT2D eigenvalue weighted by Gasteiger charge is -2.22. The topological polar surface area (TPSA) is 104 Å². The molecule has 0 atom stereocenters. The predicted molar refractivity (Wildman–Crippen MR) is 134 cm³/mol. The highest BCUT2D eigenvalue weighted by atomic mass is 32.2. The summed E-state index contributed by atoms with van der Waals surface area (Å²) < 4.78 is 34.2. The molecule has 0 radical (unpaired) electrons. The van der Waals surface area contributed by atoms with Crippen LogP contribution in [-0.4, -0.2) is 30.0 Å². The quantitative estimate of drug-likeness (QED) is 0.383. The average molecular weight is 468 g/mol. The van der Waals surface area contributed by atoms with E-state index in [0.717, 1.165) is 16.8 Å². The third kappa shape index (κ3) is 4.05. The maximum atomic E-state index is 13.4. The Morgan fingerprint density at radius 1 is 1.27 bits per heavy atom. The first-order valence-electron chi connectivity index (χ1n) is 10.8. The second kappa shape index (κ2) is 8.35. The third-order valence-corrected chi connectivity index (χ3v) is 8.49. The van der Waals surface area contributed by atoms with E-state index >= 15 is 0 Å². The van der Waals surface area contributed by atoms with Crippen LogP contribution in [0.4, 0.5) is 17.1 Å². The zero-order valence-corrected chi connectivity index (χ0v) is 20.0. The SMILES string of the molecule is C=Cc1cc(C)ccc1Nc1c(NS(=O)(=O)C2(CCO)CC2)cc2c(C)noc2c1C(=C)C. The maximum Gasteiger partial charge on any atom is 0.238 e. The van der Waals surface area contributed by atoms with Crippen molar-refractivity contribution in [2.24, 2.45) is 0 Å². The number of aliphatic hydroxyl groups is 1. The van der Waals surface area contributed by atoms with Crippen molar-refractivity contribution in [3.05, 3.63) is 59.8 Å². The van der Waals surface area contributed by atoms with Gasteiger partial charge in [-0.3, -0.25) is 4.72 Å². The first kappa shape index (κ1) is 23.1. The average Bonchev–Trinajstić information content (AvgIpc) is 3.47. The molecule has 1 aliphatic rings. The fourth-order valence-corrected chi connectivity index (χ4v) is 5.82. The maximum absolute atomic E-state index is 13.4. The second-order valence-electron chi connectivity index (χ2n) is 8.78. The van der Waals surface area contributed by atoms with Gasteiger partial charge in [0.15, 0.2) is 5.58 Å². The molecular formula is C25H29N3O4S. The fraction of sp³-hybridized carbons (Fsp3) is 0.320. The van der Waals surface area contributed by atoms with E-state index in [9.17, 15) is 13.5 Å². The number of aromatic nitrogens is 1. The molecular weight excluding hydrogens is 438 g/mol. The smallest absolute Gasteiger partial charge is 0.238 e. The molecule has 1 aromatic heterocycles. The van der Waals surface area contributed by atoms with Crippen LogP contribution in [0.1, 0.15) is 48.6 Å². The zero-order valence-electron chi connectivity index (χ0n) is 19.2. The molecule has 8 heteroatoms. The summed E-state index contributed by atoms with van der Waals surface area (Å²) in [6.07, 6.45) is 2.99. The number of hydrogen-bond acceptors (Lipinski definition) is 6. The van der Waals surface area contributed by atoms with Crippen LogP contribution in [0.25, 0.3) is 22.6 Å². The van der Waals surface area contributed by atoms with Crippen molar-refractivity contribution in [3.8, 4) is 0 Å². The minimum Gasteiger partial charge on any atom is -0.396 e. The Kier molecular flexibility index (Phi) is 5.84. The first-order chi connectivity index (χ1) is 15.6. The van der Waals surface area contributed by atoms with Gasteiger partial charge in [-0.15, -0.1) is 0 Å². The normalized spacial score (nSPS) is 14.8. The molecule has 4 rings (SSSR count). The van der Waals surface area contributed by atoms with E-state index in [2.05, 4.69) is 28.4 Å². The van der Waals surface area contributed by atoms with Gasteiger partial charge in [0.1, 0.15) is 0 Å². The third-order valence-electron chi connectivity index (χ3n) is 6.25. The van der Waals surface area contributed by atoms with Gasteiger partial charge >= 0.3 is 0 Å². The van der Waals surface area contributed by atoms with E-state index in [1.54, 1.807) is 12.1 Å². The number of rotatable bonds is 9. The van der Waals surface area contributed by atoms with Crippen molar-refractivity contribution >= 4 is 49.7 Å². The summed E-state index contributed by atoms with van der Waals surface area (Å²) in [5.41, 5.74) is 6.17. The molecule has 0 amide bonds. The Labute approximate surface area is 194 Å². The van der Waals surface area contributed by atoms with E-state index in [1.165, 1.54) is 0 Å². The number of nitrogens with zero attached hydrogens (tertiary/aromatic N) is 1. The van der Waals surface area contributed by atoms with E-state index < -0.39 is 14.8 Å². The molecule has 1 aliphatic carbocycles. The van der Waals surface area contributed by atoms with Crippen molar-refractivity contribution in [1.82, 2.24) is 5.16 Å². The van der Waals surface area contributed by atoms with Crippen LogP contribution < -0.4 is 10.0 Å². The molecule has 0 spiro atoms. The number of aliphatic hydroxyl groups excluding tert-OH is 1. The van der Waals surface area contributed by atoms with Gasteiger partial charge in [-0.25, -0.2) is 8.42 Å². The van der Waals surface area contributed by atoms with Crippen molar-refractivity contribution in [2.45, 2.75) is 44.8 Å². The number of nitrogens with one attached hydrogen (secondary N) is 2.